The van der Waals surface area contributed by atoms with Gasteiger partial charge in [0.25, 0.3) is 0 Å². The van der Waals surface area contributed by atoms with Crippen LogP contribution >= 0.6 is 0 Å². The third-order valence-corrected chi connectivity index (χ3v) is 5.43. The molecule has 3 rings (SSSR count). The van der Waals surface area contributed by atoms with Gasteiger partial charge in [-0.25, -0.2) is 0 Å². The number of hydrogen-bond donors (Lipinski definition) is 1. The van der Waals surface area contributed by atoms with Crippen LogP contribution in [0.15, 0.2) is 48.5 Å². The SMILES string of the molecule is CCOc1ccccc1OCCCC(=O)NCC(c1ccc(OC)cc1)N1CCOCC1. The summed E-state index contributed by atoms with van der Waals surface area (Å²) in [4.78, 5) is 14.8. The van der Waals surface area contributed by atoms with Crippen LogP contribution in [0.25, 0.3) is 0 Å². The molecule has 1 fully saturated rings. The van der Waals surface area contributed by atoms with E-state index in [0.29, 0.717) is 51.6 Å². The predicted molar refractivity (Wildman–Crippen MR) is 123 cm³/mol. The van der Waals surface area contributed by atoms with Crippen LogP contribution in [-0.4, -0.2) is 64.0 Å². The highest BCUT2D eigenvalue weighted by molar-refractivity contribution is 5.75. The molecule has 1 aliphatic rings. The fraction of sp³-hybridized carbons (Fsp3) is 0.480. The topological polar surface area (TPSA) is 69.3 Å². The molecule has 0 spiro atoms. The molecule has 1 N–H and O–H groups in total. The number of ether oxygens (including phenoxy) is 4. The van der Waals surface area contributed by atoms with Crippen molar-refractivity contribution in [2.24, 2.45) is 0 Å². The summed E-state index contributed by atoms with van der Waals surface area (Å²) in [5.74, 6) is 2.29. The Hall–Kier alpha value is -2.77. The number of amides is 1. The first-order chi connectivity index (χ1) is 15.7. The number of para-hydroxylation sites is 2. The standard InChI is InChI=1S/C25H34N2O5/c1-3-31-23-7-4-5-8-24(23)32-16-6-9-25(28)26-19-22(27-14-17-30-18-15-27)20-10-12-21(29-2)13-11-20/h4-5,7-8,10-13,22H,3,6,9,14-19H2,1-2H3,(H,26,28). The third kappa shape index (κ3) is 7.14. The number of rotatable bonds is 12. The van der Waals surface area contributed by atoms with Crippen LogP contribution in [-0.2, 0) is 9.53 Å². The van der Waals surface area contributed by atoms with Gasteiger partial charge in [0.2, 0.25) is 5.91 Å². The van der Waals surface area contributed by atoms with Gasteiger partial charge in [0.05, 0.1) is 39.6 Å². The largest absolute Gasteiger partial charge is 0.497 e. The lowest BCUT2D eigenvalue weighted by Gasteiger charge is -2.35. The summed E-state index contributed by atoms with van der Waals surface area (Å²) >= 11 is 0. The maximum atomic E-state index is 12.5. The van der Waals surface area contributed by atoms with Crippen LogP contribution in [0.4, 0.5) is 0 Å². The zero-order chi connectivity index (χ0) is 22.6. The Bertz CT molecular complexity index is 821. The van der Waals surface area contributed by atoms with Crippen molar-refractivity contribution in [1.29, 1.82) is 0 Å². The molecule has 7 nitrogen and oxygen atoms in total. The van der Waals surface area contributed by atoms with Gasteiger partial charge in [-0.2, -0.15) is 0 Å². The van der Waals surface area contributed by atoms with Gasteiger partial charge in [0, 0.05) is 26.1 Å². The van der Waals surface area contributed by atoms with Gasteiger partial charge in [0.15, 0.2) is 11.5 Å². The predicted octanol–water partition coefficient (Wildman–Crippen LogP) is 3.44. The lowest BCUT2D eigenvalue weighted by Crippen LogP contribution is -2.43. The van der Waals surface area contributed by atoms with Crippen LogP contribution < -0.4 is 19.5 Å². The minimum absolute atomic E-state index is 0.0264. The van der Waals surface area contributed by atoms with Crippen molar-refractivity contribution in [2.45, 2.75) is 25.8 Å². The molecule has 1 atom stereocenters. The van der Waals surface area contributed by atoms with Gasteiger partial charge >= 0.3 is 0 Å². The average Bonchev–Trinajstić information content (AvgIpc) is 2.84. The zero-order valence-electron chi connectivity index (χ0n) is 19.0. The van der Waals surface area contributed by atoms with Crippen molar-refractivity contribution in [2.75, 3.05) is 53.2 Å². The number of hydrogen-bond acceptors (Lipinski definition) is 6. The van der Waals surface area contributed by atoms with E-state index in [4.69, 9.17) is 18.9 Å². The lowest BCUT2D eigenvalue weighted by atomic mass is 10.0. The molecule has 0 radical (unpaired) electrons. The Morgan fingerprint density at radius 2 is 1.75 bits per heavy atom. The summed E-state index contributed by atoms with van der Waals surface area (Å²) in [6.45, 7) is 6.65. The normalized spacial score (nSPS) is 15.1. The molecule has 0 saturated carbocycles. The van der Waals surface area contributed by atoms with Gasteiger partial charge in [0.1, 0.15) is 5.75 Å². The smallest absolute Gasteiger partial charge is 0.220 e. The van der Waals surface area contributed by atoms with Gasteiger partial charge in [-0.05, 0) is 43.2 Å². The van der Waals surface area contributed by atoms with Crippen LogP contribution in [0.5, 0.6) is 17.2 Å². The summed E-state index contributed by atoms with van der Waals surface area (Å²) in [6, 6.07) is 15.7. The fourth-order valence-electron chi connectivity index (χ4n) is 3.73. The number of nitrogens with one attached hydrogen (secondary N) is 1. The molecule has 7 heteroatoms. The first kappa shape index (κ1) is 23.9. The van der Waals surface area contributed by atoms with E-state index in [9.17, 15) is 4.79 Å². The Balaban J connectivity index is 1.48. The molecule has 1 heterocycles. The highest BCUT2D eigenvalue weighted by atomic mass is 16.5. The van der Waals surface area contributed by atoms with Crippen molar-refractivity contribution < 1.29 is 23.7 Å². The van der Waals surface area contributed by atoms with Crippen molar-refractivity contribution in [3.8, 4) is 17.2 Å². The Morgan fingerprint density at radius 1 is 1.06 bits per heavy atom. The van der Waals surface area contributed by atoms with Crippen molar-refractivity contribution in [1.82, 2.24) is 10.2 Å². The highest BCUT2D eigenvalue weighted by Gasteiger charge is 2.23. The minimum Gasteiger partial charge on any atom is -0.497 e. The van der Waals surface area contributed by atoms with E-state index in [0.717, 1.165) is 30.2 Å². The molecule has 32 heavy (non-hydrogen) atoms. The Kier molecular flexibility index (Phi) is 9.65. The van der Waals surface area contributed by atoms with E-state index in [1.54, 1.807) is 7.11 Å². The molecule has 174 valence electrons. The number of carbonyl (C=O) groups excluding carboxylic acids is 1. The monoisotopic (exact) mass is 442 g/mol. The maximum absolute atomic E-state index is 12.5. The molecule has 1 unspecified atom stereocenters. The molecular weight excluding hydrogens is 408 g/mol. The second kappa shape index (κ2) is 12.9. The van der Waals surface area contributed by atoms with Crippen LogP contribution in [0.2, 0.25) is 0 Å². The second-order valence-corrected chi connectivity index (χ2v) is 7.57. The van der Waals surface area contributed by atoms with E-state index >= 15 is 0 Å². The van der Waals surface area contributed by atoms with Gasteiger partial charge in [-0.15, -0.1) is 0 Å². The highest BCUT2D eigenvalue weighted by Crippen LogP contribution is 2.26. The molecule has 0 bridgehead atoms. The van der Waals surface area contributed by atoms with Crippen LogP contribution in [0.3, 0.4) is 0 Å². The quantitative estimate of drug-likeness (QED) is 0.508. The van der Waals surface area contributed by atoms with Gasteiger partial charge < -0.3 is 24.3 Å². The van der Waals surface area contributed by atoms with E-state index < -0.39 is 0 Å². The fourth-order valence-corrected chi connectivity index (χ4v) is 3.73. The Labute approximate surface area is 190 Å². The van der Waals surface area contributed by atoms with Crippen molar-refractivity contribution >= 4 is 5.91 Å². The maximum Gasteiger partial charge on any atom is 0.220 e. The molecule has 1 aliphatic heterocycles. The number of benzene rings is 2. The number of morpholine rings is 1. The molecule has 0 aromatic heterocycles. The van der Waals surface area contributed by atoms with Crippen molar-refractivity contribution in [3.05, 3.63) is 54.1 Å². The first-order valence-electron chi connectivity index (χ1n) is 11.3. The number of nitrogens with zero attached hydrogens (tertiary/aromatic N) is 1. The summed E-state index contributed by atoms with van der Waals surface area (Å²) in [5.41, 5.74) is 1.16. The molecule has 1 saturated heterocycles. The van der Waals surface area contributed by atoms with E-state index in [1.165, 1.54) is 0 Å². The average molecular weight is 443 g/mol. The molecule has 1 amide bonds. The van der Waals surface area contributed by atoms with Gasteiger partial charge in [-0.1, -0.05) is 24.3 Å². The number of carbonyl (C=O) groups is 1. The molecule has 0 aliphatic carbocycles. The first-order valence-corrected chi connectivity index (χ1v) is 11.3. The van der Waals surface area contributed by atoms with E-state index in [2.05, 4.69) is 22.3 Å². The Morgan fingerprint density at radius 3 is 2.41 bits per heavy atom. The van der Waals surface area contributed by atoms with Gasteiger partial charge in [-0.3, -0.25) is 9.69 Å². The zero-order valence-corrected chi connectivity index (χ0v) is 19.0. The summed E-state index contributed by atoms with van der Waals surface area (Å²) in [7, 11) is 1.66. The molecule has 2 aromatic carbocycles. The molecular formula is C25H34N2O5. The van der Waals surface area contributed by atoms with Crippen molar-refractivity contribution in [3.63, 3.8) is 0 Å². The third-order valence-electron chi connectivity index (χ3n) is 5.43. The van der Waals surface area contributed by atoms with E-state index in [-0.39, 0.29) is 11.9 Å². The van der Waals surface area contributed by atoms with Crippen LogP contribution in [0.1, 0.15) is 31.4 Å². The summed E-state index contributed by atoms with van der Waals surface area (Å²) in [5, 5.41) is 3.10. The molecule has 2 aromatic rings. The second-order valence-electron chi connectivity index (χ2n) is 7.57. The summed E-state index contributed by atoms with van der Waals surface area (Å²) in [6.07, 6.45) is 1.05. The van der Waals surface area contributed by atoms with Crippen LogP contribution in [0, 0.1) is 0 Å². The minimum atomic E-state index is 0.0264. The lowest BCUT2D eigenvalue weighted by molar-refractivity contribution is -0.121. The summed E-state index contributed by atoms with van der Waals surface area (Å²) < 4.78 is 22.2. The number of methoxy groups -OCH3 is 1. The van der Waals surface area contributed by atoms with E-state index in [1.807, 2.05) is 43.3 Å².